The van der Waals surface area contributed by atoms with Crippen molar-refractivity contribution in [2.24, 2.45) is 0 Å². The summed E-state index contributed by atoms with van der Waals surface area (Å²) in [4.78, 5) is 13.5. The van der Waals surface area contributed by atoms with E-state index in [1.807, 2.05) is 13.1 Å². The molecule has 1 heterocycles. The Morgan fingerprint density at radius 1 is 1.44 bits per heavy atom. The summed E-state index contributed by atoms with van der Waals surface area (Å²) in [5.74, 6) is -0.883. The Hall–Kier alpha value is -1.68. The zero-order chi connectivity index (χ0) is 13.1. The summed E-state index contributed by atoms with van der Waals surface area (Å²) in [6, 6.07) is 4.49. The topological polar surface area (TPSA) is 29.5 Å². The van der Waals surface area contributed by atoms with Crippen LogP contribution in [0.25, 0.3) is 5.57 Å². The molecule has 3 nitrogen and oxygen atoms in total. The minimum atomic E-state index is -0.516. The molecule has 0 unspecified atom stereocenters. The van der Waals surface area contributed by atoms with E-state index in [1.165, 1.54) is 13.2 Å². The molecule has 1 aliphatic heterocycles. The molecule has 0 amide bonds. The first-order chi connectivity index (χ1) is 8.61. The van der Waals surface area contributed by atoms with Crippen molar-refractivity contribution in [3.8, 4) is 0 Å². The Balaban J connectivity index is 2.28. The fourth-order valence-corrected chi connectivity index (χ4v) is 2.04. The summed E-state index contributed by atoms with van der Waals surface area (Å²) in [5, 5.41) is 0. The van der Waals surface area contributed by atoms with Crippen molar-refractivity contribution in [2.45, 2.75) is 6.42 Å². The van der Waals surface area contributed by atoms with E-state index >= 15 is 0 Å². The Bertz CT molecular complexity index is 497. The summed E-state index contributed by atoms with van der Waals surface area (Å²) >= 11 is 0. The molecule has 2 rings (SSSR count). The zero-order valence-corrected chi connectivity index (χ0v) is 10.6. The molecule has 96 valence electrons. The Morgan fingerprint density at radius 3 is 2.78 bits per heavy atom. The maximum atomic E-state index is 14.0. The van der Waals surface area contributed by atoms with E-state index in [-0.39, 0.29) is 11.4 Å². The lowest BCUT2D eigenvalue weighted by molar-refractivity contribution is 0.0600. The van der Waals surface area contributed by atoms with Crippen LogP contribution in [0.1, 0.15) is 22.3 Å². The Morgan fingerprint density at radius 2 is 2.22 bits per heavy atom. The van der Waals surface area contributed by atoms with Gasteiger partial charge in [-0.25, -0.2) is 9.18 Å². The molecule has 1 aromatic carbocycles. The quantitative estimate of drug-likeness (QED) is 0.753. The summed E-state index contributed by atoms with van der Waals surface area (Å²) in [6.07, 6.45) is 2.85. The number of benzene rings is 1. The number of likely N-dealkylation sites (N-methyl/N-ethyl adjacent to an activating group) is 1. The fraction of sp³-hybridized carbons (Fsp3) is 0.357. The number of nitrogens with zero attached hydrogens (tertiary/aromatic N) is 1. The summed E-state index contributed by atoms with van der Waals surface area (Å²) in [6.45, 7) is 1.75. The first kappa shape index (κ1) is 12.8. The second kappa shape index (κ2) is 5.31. The van der Waals surface area contributed by atoms with E-state index in [2.05, 4.69) is 9.64 Å². The van der Waals surface area contributed by atoms with Crippen molar-refractivity contribution in [1.82, 2.24) is 4.90 Å². The third-order valence-electron chi connectivity index (χ3n) is 3.15. The van der Waals surface area contributed by atoms with Gasteiger partial charge in [0, 0.05) is 18.7 Å². The molecule has 1 aliphatic rings. The van der Waals surface area contributed by atoms with Crippen LogP contribution in [0, 0.1) is 5.82 Å². The predicted molar refractivity (Wildman–Crippen MR) is 67.8 cm³/mol. The van der Waals surface area contributed by atoms with Crippen molar-refractivity contribution >= 4 is 11.5 Å². The van der Waals surface area contributed by atoms with Crippen molar-refractivity contribution in [1.29, 1.82) is 0 Å². The lowest BCUT2D eigenvalue weighted by atomic mass is 9.98. The molecule has 1 aromatic rings. The molecular formula is C14H16FNO2. The van der Waals surface area contributed by atoms with E-state index in [1.54, 1.807) is 12.1 Å². The van der Waals surface area contributed by atoms with Gasteiger partial charge in [0.25, 0.3) is 0 Å². The number of methoxy groups -OCH3 is 1. The smallest absolute Gasteiger partial charge is 0.337 e. The van der Waals surface area contributed by atoms with E-state index in [0.29, 0.717) is 5.56 Å². The van der Waals surface area contributed by atoms with Gasteiger partial charge in [-0.2, -0.15) is 0 Å². The van der Waals surface area contributed by atoms with Gasteiger partial charge < -0.3 is 9.64 Å². The average molecular weight is 249 g/mol. The molecule has 0 atom stereocenters. The molecule has 0 N–H and O–H groups in total. The van der Waals surface area contributed by atoms with Gasteiger partial charge in [-0.05, 0) is 31.2 Å². The summed E-state index contributed by atoms with van der Waals surface area (Å²) in [7, 11) is 3.32. The zero-order valence-electron chi connectivity index (χ0n) is 10.6. The number of hydrogen-bond donors (Lipinski definition) is 0. The van der Waals surface area contributed by atoms with Gasteiger partial charge in [0.1, 0.15) is 5.82 Å². The number of esters is 1. The van der Waals surface area contributed by atoms with E-state index in [0.717, 1.165) is 25.1 Å². The maximum absolute atomic E-state index is 14.0. The van der Waals surface area contributed by atoms with E-state index in [4.69, 9.17) is 0 Å². The first-order valence-electron chi connectivity index (χ1n) is 5.87. The minimum absolute atomic E-state index is 0.243. The molecule has 0 bridgehead atoms. The highest BCUT2D eigenvalue weighted by Gasteiger charge is 2.15. The molecule has 0 radical (unpaired) electrons. The lowest BCUT2D eigenvalue weighted by Crippen LogP contribution is -2.23. The summed E-state index contributed by atoms with van der Waals surface area (Å²) in [5.41, 5.74) is 1.82. The van der Waals surface area contributed by atoms with Crippen LogP contribution >= 0.6 is 0 Å². The molecule has 18 heavy (non-hydrogen) atoms. The van der Waals surface area contributed by atoms with Crippen molar-refractivity contribution in [2.75, 3.05) is 27.2 Å². The Kier molecular flexibility index (Phi) is 3.77. The van der Waals surface area contributed by atoms with Gasteiger partial charge in [0.05, 0.1) is 12.7 Å². The number of carbonyl (C=O) groups excluding carboxylic acids is 1. The molecule has 0 aromatic heterocycles. The number of ether oxygens (including phenoxy) is 1. The van der Waals surface area contributed by atoms with Crippen molar-refractivity contribution in [3.63, 3.8) is 0 Å². The van der Waals surface area contributed by atoms with Crippen LogP contribution in [0.3, 0.4) is 0 Å². The van der Waals surface area contributed by atoms with Gasteiger partial charge in [-0.3, -0.25) is 0 Å². The number of halogens is 1. The SMILES string of the molecule is COC(=O)c1ccc(C2=CCN(C)CC2)c(F)c1. The van der Waals surface area contributed by atoms with Crippen LogP contribution in [-0.2, 0) is 4.74 Å². The van der Waals surface area contributed by atoms with Gasteiger partial charge in [0.2, 0.25) is 0 Å². The van der Waals surface area contributed by atoms with Crippen molar-refractivity contribution in [3.05, 3.63) is 41.2 Å². The molecule has 0 saturated heterocycles. The monoisotopic (exact) mass is 249 g/mol. The Labute approximate surface area is 106 Å². The van der Waals surface area contributed by atoms with Gasteiger partial charge >= 0.3 is 5.97 Å². The normalized spacial score (nSPS) is 16.3. The summed E-state index contributed by atoms with van der Waals surface area (Å²) < 4.78 is 18.5. The highest BCUT2D eigenvalue weighted by Crippen LogP contribution is 2.25. The number of rotatable bonds is 2. The fourth-order valence-electron chi connectivity index (χ4n) is 2.04. The third kappa shape index (κ3) is 2.59. The van der Waals surface area contributed by atoms with Gasteiger partial charge in [0.15, 0.2) is 0 Å². The molecule has 0 aliphatic carbocycles. The first-order valence-corrected chi connectivity index (χ1v) is 5.87. The van der Waals surface area contributed by atoms with E-state index in [9.17, 15) is 9.18 Å². The highest BCUT2D eigenvalue weighted by molar-refractivity contribution is 5.89. The van der Waals surface area contributed by atoms with E-state index < -0.39 is 5.97 Å². The van der Waals surface area contributed by atoms with Gasteiger partial charge in [-0.1, -0.05) is 12.1 Å². The van der Waals surface area contributed by atoms with Crippen molar-refractivity contribution < 1.29 is 13.9 Å². The van der Waals surface area contributed by atoms with Crippen LogP contribution in [-0.4, -0.2) is 38.1 Å². The van der Waals surface area contributed by atoms with Crippen LogP contribution in [0.4, 0.5) is 4.39 Å². The van der Waals surface area contributed by atoms with Crippen LogP contribution in [0.2, 0.25) is 0 Å². The lowest BCUT2D eigenvalue weighted by Gasteiger charge is -2.22. The molecule has 4 heteroatoms. The predicted octanol–water partition coefficient (Wildman–Crippen LogP) is 2.33. The second-order valence-corrected chi connectivity index (χ2v) is 4.43. The highest BCUT2D eigenvalue weighted by atomic mass is 19.1. The maximum Gasteiger partial charge on any atom is 0.337 e. The minimum Gasteiger partial charge on any atom is -0.465 e. The number of hydrogen-bond acceptors (Lipinski definition) is 3. The molecule has 0 spiro atoms. The average Bonchev–Trinajstić information content (AvgIpc) is 2.39. The second-order valence-electron chi connectivity index (χ2n) is 4.43. The molecule has 0 fully saturated rings. The van der Waals surface area contributed by atoms with Crippen LogP contribution in [0.15, 0.2) is 24.3 Å². The van der Waals surface area contributed by atoms with Gasteiger partial charge in [-0.15, -0.1) is 0 Å². The molecule has 0 saturated carbocycles. The van der Waals surface area contributed by atoms with Crippen LogP contribution < -0.4 is 0 Å². The third-order valence-corrected chi connectivity index (χ3v) is 3.15. The molecular weight excluding hydrogens is 233 g/mol. The standard InChI is InChI=1S/C14H16FNO2/c1-16-7-5-10(6-8-16)12-4-3-11(9-13(12)15)14(17)18-2/h3-5,9H,6-8H2,1-2H3. The largest absolute Gasteiger partial charge is 0.465 e. The van der Waals surface area contributed by atoms with Crippen LogP contribution in [0.5, 0.6) is 0 Å². The number of carbonyl (C=O) groups is 1.